The number of aromatic hydroxyl groups is 1. The van der Waals surface area contributed by atoms with Crippen molar-refractivity contribution in [3.8, 4) is 5.75 Å². The van der Waals surface area contributed by atoms with Gasteiger partial charge in [0.25, 0.3) is 0 Å². The summed E-state index contributed by atoms with van der Waals surface area (Å²) in [6, 6.07) is -0.984. The molecule has 0 saturated heterocycles. The third kappa shape index (κ3) is 2.62. The first-order chi connectivity index (χ1) is 6.86. The fourth-order valence-corrected chi connectivity index (χ4v) is 0.842. The van der Waals surface area contributed by atoms with Crippen molar-refractivity contribution < 1.29 is 10.6 Å². The van der Waals surface area contributed by atoms with Gasteiger partial charge in [-0.3, -0.25) is 0 Å². The lowest BCUT2D eigenvalue weighted by Gasteiger charge is -2.03. The van der Waals surface area contributed by atoms with E-state index in [2.05, 4.69) is 0 Å². The fourth-order valence-electron chi connectivity index (χ4n) is 0.842. The topological polar surface area (TPSA) is 20.2 Å². The standard InChI is InChI=1S/C10H14O/c1-8(2)7-9-3-5-10(11)6-4-9/h3-6,8,11H,7H2,1-2H3/i3D,4D,5D,6D. The van der Waals surface area contributed by atoms with Crippen LogP contribution in [0.4, 0.5) is 0 Å². The molecule has 0 fully saturated rings. The van der Waals surface area contributed by atoms with Crippen molar-refractivity contribution in [2.45, 2.75) is 20.3 Å². The predicted octanol–water partition coefficient (Wildman–Crippen LogP) is 2.59. The van der Waals surface area contributed by atoms with E-state index in [1.54, 1.807) is 0 Å². The first-order valence-corrected chi connectivity index (χ1v) is 3.64. The molecule has 0 heterocycles. The Balaban J connectivity index is 3.39. The van der Waals surface area contributed by atoms with Gasteiger partial charge in [0, 0.05) is 0 Å². The Bertz CT molecular complexity index is 358. The number of hydrogen-bond acceptors (Lipinski definition) is 1. The molecule has 0 unspecified atom stereocenters. The lowest BCUT2D eigenvalue weighted by molar-refractivity contribution is 0.475. The minimum atomic E-state index is -0.572. The summed E-state index contributed by atoms with van der Waals surface area (Å²) in [4.78, 5) is 0. The molecule has 0 aromatic heterocycles. The molecule has 1 aromatic rings. The zero-order chi connectivity index (χ0) is 11.7. The Hall–Kier alpha value is -0.980. The zero-order valence-electron chi connectivity index (χ0n) is 10.7. The van der Waals surface area contributed by atoms with Crippen LogP contribution in [0.15, 0.2) is 24.2 Å². The van der Waals surface area contributed by atoms with Crippen LogP contribution in [0.25, 0.3) is 0 Å². The molecule has 1 nitrogen and oxygen atoms in total. The van der Waals surface area contributed by atoms with Crippen LogP contribution < -0.4 is 0 Å². The van der Waals surface area contributed by atoms with E-state index in [0.717, 1.165) is 0 Å². The molecule has 0 aliphatic heterocycles. The van der Waals surface area contributed by atoms with Gasteiger partial charge in [-0.2, -0.15) is 0 Å². The van der Waals surface area contributed by atoms with E-state index < -0.39 is 5.75 Å². The summed E-state index contributed by atoms with van der Waals surface area (Å²) in [6.45, 7) is 3.89. The summed E-state index contributed by atoms with van der Waals surface area (Å²) in [5.74, 6) is -0.320. The van der Waals surface area contributed by atoms with Crippen LogP contribution in [-0.2, 0) is 6.42 Å². The number of phenolic OH excluding ortho intramolecular Hbond substituents is 1. The Kier molecular flexibility index (Phi) is 1.29. The van der Waals surface area contributed by atoms with E-state index in [0.29, 0.717) is 12.0 Å². The second-order valence-electron chi connectivity index (χ2n) is 2.93. The van der Waals surface area contributed by atoms with Crippen LogP contribution in [0, 0.1) is 5.92 Å². The maximum absolute atomic E-state index is 9.31. The smallest absolute Gasteiger partial charge is 0.115 e. The molecule has 0 saturated carbocycles. The van der Waals surface area contributed by atoms with Gasteiger partial charge < -0.3 is 5.11 Å². The van der Waals surface area contributed by atoms with Crippen molar-refractivity contribution in [2.75, 3.05) is 0 Å². The molecule has 1 rings (SSSR count). The molecule has 1 heteroatoms. The van der Waals surface area contributed by atoms with Crippen LogP contribution in [0.1, 0.15) is 24.9 Å². The molecule has 0 aliphatic carbocycles. The monoisotopic (exact) mass is 154 g/mol. The van der Waals surface area contributed by atoms with Gasteiger partial charge in [-0.25, -0.2) is 0 Å². The van der Waals surface area contributed by atoms with E-state index in [-0.39, 0.29) is 30.1 Å². The van der Waals surface area contributed by atoms with E-state index in [9.17, 15) is 5.11 Å². The summed E-state index contributed by atoms with van der Waals surface area (Å²) in [5, 5.41) is 9.31. The highest BCUT2D eigenvalue weighted by atomic mass is 16.3. The third-order valence-electron chi connectivity index (χ3n) is 1.28. The van der Waals surface area contributed by atoms with Crippen molar-refractivity contribution in [3.63, 3.8) is 0 Å². The number of benzene rings is 1. The summed E-state index contributed by atoms with van der Waals surface area (Å²) in [5.41, 5.74) is 0.373. The SMILES string of the molecule is [2H]c1c([2H])c(CC(C)C)c([2H])c([2H])c1O. The summed E-state index contributed by atoms with van der Waals surface area (Å²) < 4.78 is 30.1. The molecular weight excluding hydrogens is 136 g/mol. The van der Waals surface area contributed by atoms with E-state index in [1.807, 2.05) is 13.8 Å². The lowest BCUT2D eigenvalue weighted by Crippen LogP contribution is -1.92. The highest BCUT2D eigenvalue weighted by Gasteiger charge is 1.96. The largest absolute Gasteiger partial charge is 0.508 e. The maximum atomic E-state index is 9.31. The molecule has 11 heavy (non-hydrogen) atoms. The summed E-state index contributed by atoms with van der Waals surface area (Å²) in [7, 11) is 0. The number of rotatable bonds is 2. The number of hydrogen-bond donors (Lipinski definition) is 1. The third-order valence-corrected chi connectivity index (χ3v) is 1.28. The van der Waals surface area contributed by atoms with Crippen molar-refractivity contribution in [1.82, 2.24) is 0 Å². The van der Waals surface area contributed by atoms with E-state index in [4.69, 9.17) is 5.48 Å². The molecule has 60 valence electrons. The van der Waals surface area contributed by atoms with Gasteiger partial charge in [0.2, 0.25) is 0 Å². The highest BCUT2D eigenvalue weighted by molar-refractivity contribution is 5.25. The molecule has 1 aromatic carbocycles. The van der Waals surface area contributed by atoms with E-state index in [1.165, 1.54) is 0 Å². The van der Waals surface area contributed by atoms with Gasteiger partial charge in [-0.15, -0.1) is 0 Å². The minimum Gasteiger partial charge on any atom is -0.508 e. The van der Waals surface area contributed by atoms with Crippen molar-refractivity contribution in [2.24, 2.45) is 5.92 Å². The van der Waals surface area contributed by atoms with Gasteiger partial charge in [0.1, 0.15) is 5.75 Å². The first-order valence-electron chi connectivity index (χ1n) is 5.64. The number of phenols is 1. The van der Waals surface area contributed by atoms with E-state index >= 15 is 0 Å². The van der Waals surface area contributed by atoms with Crippen LogP contribution >= 0.6 is 0 Å². The van der Waals surface area contributed by atoms with Gasteiger partial charge in [-0.05, 0) is 30.0 Å². The van der Waals surface area contributed by atoms with Gasteiger partial charge in [0.05, 0.1) is 5.48 Å². The van der Waals surface area contributed by atoms with Crippen LogP contribution in [0.3, 0.4) is 0 Å². The first kappa shape index (κ1) is 4.15. The molecule has 0 radical (unpaired) electrons. The van der Waals surface area contributed by atoms with Crippen molar-refractivity contribution in [3.05, 3.63) is 29.7 Å². The second-order valence-corrected chi connectivity index (χ2v) is 2.93. The predicted molar refractivity (Wildman–Crippen MR) is 46.6 cm³/mol. The van der Waals surface area contributed by atoms with Crippen LogP contribution in [0.5, 0.6) is 5.75 Å². The lowest BCUT2D eigenvalue weighted by atomic mass is 10.0. The van der Waals surface area contributed by atoms with Crippen LogP contribution in [0.2, 0.25) is 0 Å². The summed E-state index contributed by atoms with van der Waals surface area (Å²) >= 11 is 0. The highest BCUT2D eigenvalue weighted by Crippen LogP contribution is 2.12. The summed E-state index contributed by atoms with van der Waals surface area (Å²) in [6.07, 6.45) is 0.482. The molecule has 1 N–H and O–H groups in total. The Labute approximate surface area is 73.3 Å². The average Bonchev–Trinajstić information content (AvgIpc) is 2.18. The molecular formula is C10H14O. The minimum absolute atomic E-state index is 0.137. The molecule has 0 amide bonds. The Morgan fingerprint density at radius 3 is 2.36 bits per heavy atom. The van der Waals surface area contributed by atoms with Crippen molar-refractivity contribution >= 4 is 0 Å². The van der Waals surface area contributed by atoms with Gasteiger partial charge >= 0.3 is 0 Å². The Morgan fingerprint density at radius 2 is 1.91 bits per heavy atom. The zero-order valence-corrected chi connectivity index (χ0v) is 6.73. The molecule has 0 atom stereocenters. The maximum Gasteiger partial charge on any atom is 0.115 e. The Morgan fingerprint density at radius 1 is 1.36 bits per heavy atom. The average molecular weight is 154 g/mol. The van der Waals surface area contributed by atoms with Gasteiger partial charge in [-0.1, -0.05) is 25.9 Å². The molecule has 0 spiro atoms. The normalized spacial score (nSPS) is 15.5. The molecule has 0 bridgehead atoms. The van der Waals surface area contributed by atoms with Crippen LogP contribution in [-0.4, -0.2) is 5.11 Å². The van der Waals surface area contributed by atoms with Crippen molar-refractivity contribution in [1.29, 1.82) is 0 Å². The second kappa shape index (κ2) is 3.42. The fraction of sp³-hybridized carbons (Fsp3) is 0.400. The molecule has 0 aliphatic rings. The van der Waals surface area contributed by atoms with Gasteiger partial charge in [0.15, 0.2) is 0 Å². The quantitative estimate of drug-likeness (QED) is 0.694.